The van der Waals surface area contributed by atoms with Gasteiger partial charge in [0.05, 0.1) is 30.5 Å². The van der Waals surface area contributed by atoms with E-state index in [4.69, 9.17) is 21.1 Å². The first kappa shape index (κ1) is 25.8. The standard InChI is InChI=1S/C17H15N5O2.C9H8ClN3O2/c1-2-24-17(23)14-6-13-15(19-9-20-16(13)22-14)21-12-4-3-10-7-18-8-11(10)5-12;1-2-15-9(14)6-3-5-7(10)11-4-12-8(5)13-6/h3-6,8-9H,2,7H2,1H3,(H2,19,20,21,22);3-4H,2H2,1H3,(H,11,12,13). The number of halogens is 1. The second-order valence-electron chi connectivity index (χ2n) is 8.23. The number of esters is 2. The van der Waals surface area contributed by atoms with Gasteiger partial charge in [0.1, 0.15) is 46.3 Å². The van der Waals surface area contributed by atoms with E-state index >= 15 is 0 Å². The number of aromatic amines is 2. The van der Waals surface area contributed by atoms with Crippen LogP contribution in [0, 0.1) is 0 Å². The fourth-order valence-electron chi connectivity index (χ4n) is 3.90. The number of anilines is 2. The number of hydrogen-bond acceptors (Lipinski definition) is 10. The number of nitrogens with one attached hydrogen (secondary N) is 3. The normalized spacial score (nSPS) is 11.7. The molecular weight excluding hydrogens is 524 g/mol. The van der Waals surface area contributed by atoms with Crippen molar-refractivity contribution in [3.05, 3.63) is 70.7 Å². The van der Waals surface area contributed by atoms with Crippen molar-refractivity contribution < 1.29 is 19.1 Å². The van der Waals surface area contributed by atoms with Crippen LogP contribution in [0.15, 0.2) is 48.0 Å². The molecule has 0 amide bonds. The number of H-pyrrole nitrogens is 2. The molecule has 1 aliphatic heterocycles. The van der Waals surface area contributed by atoms with E-state index < -0.39 is 11.9 Å². The summed E-state index contributed by atoms with van der Waals surface area (Å²) in [6.07, 6.45) is 4.65. The Labute approximate surface area is 226 Å². The molecule has 4 aromatic heterocycles. The summed E-state index contributed by atoms with van der Waals surface area (Å²) in [7, 11) is 0. The molecule has 0 unspecified atom stereocenters. The lowest BCUT2D eigenvalue weighted by Crippen LogP contribution is -2.04. The summed E-state index contributed by atoms with van der Waals surface area (Å²) in [6, 6.07) is 9.34. The van der Waals surface area contributed by atoms with Crippen LogP contribution in [0.5, 0.6) is 0 Å². The predicted molar refractivity (Wildman–Crippen MR) is 146 cm³/mol. The number of carbonyl (C=O) groups excluding carboxylic acids is 2. The number of rotatable bonds is 6. The predicted octanol–water partition coefficient (Wildman–Crippen LogP) is 4.60. The first-order valence-corrected chi connectivity index (χ1v) is 12.4. The smallest absolute Gasteiger partial charge is 0.354 e. The number of aliphatic imine (C=N–C) groups is 1. The highest BCUT2D eigenvalue weighted by atomic mass is 35.5. The molecule has 3 N–H and O–H groups in total. The summed E-state index contributed by atoms with van der Waals surface area (Å²) in [6.45, 7) is 4.89. The molecule has 0 saturated carbocycles. The number of benzene rings is 1. The summed E-state index contributed by atoms with van der Waals surface area (Å²) in [5.74, 6) is -0.205. The fraction of sp³-hybridized carbons (Fsp3) is 0.192. The Hall–Kier alpha value is -4.84. The SMILES string of the molecule is CCOC(=O)c1cc2c(Cl)ncnc2[nH]1.CCOC(=O)c1cc2c(Nc3ccc4c(c3)C=NC4)ncnc2[nH]1. The molecule has 0 bridgehead atoms. The second kappa shape index (κ2) is 11.3. The van der Waals surface area contributed by atoms with Crippen LogP contribution < -0.4 is 5.32 Å². The molecule has 0 spiro atoms. The molecule has 0 fully saturated rings. The van der Waals surface area contributed by atoms with Crippen molar-refractivity contribution in [2.24, 2.45) is 4.99 Å². The Morgan fingerprint density at radius 2 is 1.54 bits per heavy atom. The third-order valence-corrected chi connectivity index (χ3v) is 6.00. The molecule has 0 saturated heterocycles. The zero-order chi connectivity index (χ0) is 27.4. The van der Waals surface area contributed by atoms with Crippen LogP contribution in [-0.2, 0) is 16.0 Å². The molecule has 12 nitrogen and oxygen atoms in total. The fourth-order valence-corrected chi connectivity index (χ4v) is 4.09. The van der Waals surface area contributed by atoms with Crippen molar-refractivity contribution in [2.45, 2.75) is 20.4 Å². The average molecular weight is 547 g/mol. The summed E-state index contributed by atoms with van der Waals surface area (Å²) in [4.78, 5) is 49.5. The molecule has 39 heavy (non-hydrogen) atoms. The van der Waals surface area contributed by atoms with E-state index in [0.717, 1.165) is 23.2 Å². The van der Waals surface area contributed by atoms with Crippen molar-refractivity contribution in [1.29, 1.82) is 0 Å². The maximum atomic E-state index is 11.9. The molecule has 1 aliphatic rings. The topological polar surface area (TPSA) is 160 Å². The summed E-state index contributed by atoms with van der Waals surface area (Å²) in [5, 5.41) is 4.93. The van der Waals surface area contributed by atoms with Crippen molar-refractivity contribution in [2.75, 3.05) is 18.5 Å². The van der Waals surface area contributed by atoms with Crippen LogP contribution >= 0.6 is 11.6 Å². The molecule has 5 aromatic rings. The van der Waals surface area contributed by atoms with Crippen molar-refractivity contribution in [3.8, 4) is 0 Å². The van der Waals surface area contributed by atoms with Gasteiger partial charge in [-0.25, -0.2) is 29.5 Å². The van der Waals surface area contributed by atoms with Gasteiger partial charge in [0, 0.05) is 11.9 Å². The Bertz CT molecular complexity index is 1710. The lowest BCUT2D eigenvalue weighted by atomic mass is 10.1. The van der Waals surface area contributed by atoms with Gasteiger partial charge >= 0.3 is 11.9 Å². The molecular formula is C26H23ClN8O4. The van der Waals surface area contributed by atoms with E-state index in [9.17, 15) is 9.59 Å². The first-order valence-electron chi connectivity index (χ1n) is 12.0. The highest BCUT2D eigenvalue weighted by Gasteiger charge is 2.15. The first-order chi connectivity index (χ1) is 19.0. The minimum Gasteiger partial charge on any atom is -0.461 e. The molecule has 5 heterocycles. The van der Waals surface area contributed by atoms with Crippen LogP contribution in [0.25, 0.3) is 22.1 Å². The van der Waals surface area contributed by atoms with E-state index in [1.54, 1.807) is 26.0 Å². The summed E-state index contributed by atoms with van der Waals surface area (Å²) < 4.78 is 9.85. The Morgan fingerprint density at radius 3 is 2.21 bits per heavy atom. The zero-order valence-corrected chi connectivity index (χ0v) is 21.7. The highest BCUT2D eigenvalue weighted by Crippen LogP contribution is 2.26. The summed E-state index contributed by atoms with van der Waals surface area (Å²) in [5.41, 5.74) is 5.01. The Morgan fingerprint density at radius 1 is 0.897 bits per heavy atom. The molecule has 6 rings (SSSR count). The number of carbonyl (C=O) groups is 2. The van der Waals surface area contributed by atoms with Gasteiger partial charge in [0.15, 0.2) is 0 Å². The maximum Gasteiger partial charge on any atom is 0.354 e. The highest BCUT2D eigenvalue weighted by molar-refractivity contribution is 6.34. The minimum absolute atomic E-state index is 0.312. The van der Waals surface area contributed by atoms with Crippen molar-refractivity contribution >= 4 is 63.3 Å². The zero-order valence-electron chi connectivity index (χ0n) is 21.0. The van der Waals surface area contributed by atoms with Crippen LogP contribution in [0.2, 0.25) is 5.15 Å². The molecule has 0 atom stereocenters. The maximum absolute atomic E-state index is 11.9. The van der Waals surface area contributed by atoms with Gasteiger partial charge in [-0.2, -0.15) is 0 Å². The molecule has 198 valence electrons. The van der Waals surface area contributed by atoms with Crippen LogP contribution in [0.4, 0.5) is 11.5 Å². The number of ether oxygens (including phenoxy) is 2. The molecule has 0 aliphatic carbocycles. The molecule has 1 aromatic carbocycles. The lowest BCUT2D eigenvalue weighted by Gasteiger charge is -2.07. The van der Waals surface area contributed by atoms with E-state index in [-0.39, 0.29) is 0 Å². The third-order valence-electron chi connectivity index (χ3n) is 5.69. The van der Waals surface area contributed by atoms with Crippen LogP contribution in [0.1, 0.15) is 46.0 Å². The van der Waals surface area contributed by atoms with Gasteiger partial charge in [-0.15, -0.1) is 0 Å². The number of fused-ring (bicyclic) bond motifs is 3. The van der Waals surface area contributed by atoms with Gasteiger partial charge in [0.2, 0.25) is 0 Å². The van der Waals surface area contributed by atoms with Crippen LogP contribution in [0.3, 0.4) is 0 Å². The van der Waals surface area contributed by atoms with E-state index in [1.807, 2.05) is 24.4 Å². The monoisotopic (exact) mass is 546 g/mol. The Kier molecular flexibility index (Phi) is 7.46. The second-order valence-corrected chi connectivity index (χ2v) is 8.58. The van der Waals surface area contributed by atoms with Crippen molar-refractivity contribution in [1.82, 2.24) is 29.9 Å². The molecule has 0 radical (unpaired) electrons. The largest absolute Gasteiger partial charge is 0.461 e. The minimum atomic E-state index is -0.424. The number of nitrogens with zero attached hydrogens (tertiary/aromatic N) is 5. The van der Waals surface area contributed by atoms with E-state index in [1.165, 1.54) is 18.2 Å². The van der Waals surface area contributed by atoms with Gasteiger partial charge in [0.25, 0.3) is 0 Å². The van der Waals surface area contributed by atoms with E-state index in [2.05, 4.69) is 40.2 Å². The van der Waals surface area contributed by atoms with Gasteiger partial charge in [-0.1, -0.05) is 17.7 Å². The lowest BCUT2D eigenvalue weighted by molar-refractivity contribution is 0.0511. The molecule has 13 heteroatoms. The summed E-state index contributed by atoms with van der Waals surface area (Å²) >= 11 is 5.83. The van der Waals surface area contributed by atoms with E-state index in [0.29, 0.717) is 52.3 Å². The Balaban J connectivity index is 0.000000177. The third kappa shape index (κ3) is 5.55. The van der Waals surface area contributed by atoms with Gasteiger partial charge in [-0.05, 0) is 49.2 Å². The average Bonchev–Trinajstić information content (AvgIpc) is 3.68. The van der Waals surface area contributed by atoms with Crippen LogP contribution in [-0.4, -0.2) is 61.3 Å². The number of hydrogen-bond donors (Lipinski definition) is 3. The number of aromatic nitrogens is 6. The quantitative estimate of drug-likeness (QED) is 0.204. The van der Waals surface area contributed by atoms with Gasteiger partial charge < -0.3 is 24.8 Å². The van der Waals surface area contributed by atoms with Crippen molar-refractivity contribution in [3.63, 3.8) is 0 Å². The van der Waals surface area contributed by atoms with Gasteiger partial charge in [-0.3, -0.25) is 4.99 Å².